The van der Waals surface area contributed by atoms with Crippen molar-refractivity contribution in [3.8, 4) is 11.6 Å². The summed E-state index contributed by atoms with van der Waals surface area (Å²) in [6.45, 7) is 0. The van der Waals surface area contributed by atoms with Crippen LogP contribution >= 0.6 is 22.6 Å². The number of halogens is 6. The fourth-order valence-electron chi connectivity index (χ4n) is 0.967. The average molecular weight is 369 g/mol. The summed E-state index contributed by atoms with van der Waals surface area (Å²) in [4.78, 5) is 3.23. The van der Waals surface area contributed by atoms with E-state index in [1.807, 2.05) is 0 Å². The number of ether oxygens (including phenoxy) is 2. The van der Waals surface area contributed by atoms with Gasteiger partial charge in [-0.15, -0.1) is 13.2 Å². The van der Waals surface area contributed by atoms with Gasteiger partial charge in [0.25, 0.3) is 6.43 Å². The highest BCUT2D eigenvalue weighted by Gasteiger charge is 2.35. The van der Waals surface area contributed by atoms with Crippen molar-refractivity contribution in [3.05, 3.63) is 15.3 Å². The molecule has 0 aliphatic rings. The second kappa shape index (κ2) is 5.19. The summed E-state index contributed by atoms with van der Waals surface area (Å²) < 4.78 is 69.1. The van der Waals surface area contributed by atoms with Crippen molar-refractivity contribution < 1.29 is 31.4 Å². The molecule has 0 saturated carbocycles. The summed E-state index contributed by atoms with van der Waals surface area (Å²) in [5, 5.41) is 0. The number of pyridine rings is 1. The predicted molar refractivity (Wildman–Crippen MR) is 55.1 cm³/mol. The van der Waals surface area contributed by atoms with E-state index < -0.39 is 24.2 Å². The Morgan fingerprint density at radius 3 is 2.35 bits per heavy atom. The van der Waals surface area contributed by atoms with Crippen LogP contribution < -0.4 is 9.47 Å². The van der Waals surface area contributed by atoms with Gasteiger partial charge in [0.2, 0.25) is 5.88 Å². The SMILES string of the molecule is COc1cc(I)c(OC(F)(F)F)c(C(F)F)n1. The first-order chi connectivity index (χ1) is 7.74. The third-order valence-corrected chi connectivity index (χ3v) is 2.37. The Morgan fingerprint density at radius 2 is 1.94 bits per heavy atom. The minimum atomic E-state index is -5.06. The molecule has 1 aromatic rings. The Morgan fingerprint density at radius 1 is 1.35 bits per heavy atom. The minimum Gasteiger partial charge on any atom is -0.481 e. The number of hydrogen-bond donors (Lipinski definition) is 0. The number of hydrogen-bond acceptors (Lipinski definition) is 3. The zero-order chi connectivity index (χ0) is 13.2. The Kier molecular flexibility index (Phi) is 4.33. The van der Waals surface area contributed by atoms with E-state index in [1.54, 1.807) is 0 Å². The maximum atomic E-state index is 12.5. The molecule has 0 N–H and O–H groups in total. The molecule has 3 nitrogen and oxygen atoms in total. The molecule has 0 atom stereocenters. The number of aromatic nitrogens is 1. The second-order valence-corrected chi connectivity index (χ2v) is 3.87. The van der Waals surface area contributed by atoms with Gasteiger partial charge in [0.15, 0.2) is 11.4 Å². The van der Waals surface area contributed by atoms with Gasteiger partial charge < -0.3 is 9.47 Å². The zero-order valence-electron chi connectivity index (χ0n) is 8.19. The molecule has 0 amide bonds. The molecule has 0 aliphatic heterocycles. The Bertz CT molecular complexity index is 410. The molecule has 0 bridgehead atoms. The van der Waals surface area contributed by atoms with E-state index in [-0.39, 0.29) is 9.45 Å². The van der Waals surface area contributed by atoms with Crippen LogP contribution in [-0.4, -0.2) is 18.5 Å². The fraction of sp³-hybridized carbons (Fsp3) is 0.375. The van der Waals surface area contributed by atoms with E-state index in [0.29, 0.717) is 0 Å². The van der Waals surface area contributed by atoms with E-state index in [9.17, 15) is 22.0 Å². The molecule has 0 fully saturated rings. The van der Waals surface area contributed by atoms with E-state index >= 15 is 0 Å². The zero-order valence-corrected chi connectivity index (χ0v) is 10.3. The molecule has 0 spiro atoms. The van der Waals surface area contributed by atoms with Gasteiger partial charge in [-0.1, -0.05) is 0 Å². The predicted octanol–water partition coefficient (Wildman–Crippen LogP) is 3.53. The third-order valence-electron chi connectivity index (χ3n) is 1.56. The van der Waals surface area contributed by atoms with E-state index in [0.717, 1.165) is 13.2 Å². The quantitative estimate of drug-likeness (QED) is 0.604. The van der Waals surface area contributed by atoms with Crippen LogP contribution in [0.3, 0.4) is 0 Å². The van der Waals surface area contributed by atoms with Crippen molar-refractivity contribution in [2.75, 3.05) is 7.11 Å². The summed E-state index contributed by atoms with van der Waals surface area (Å²) in [6, 6.07) is 1.06. The molecule has 1 aromatic heterocycles. The van der Waals surface area contributed by atoms with Crippen LogP contribution in [0.1, 0.15) is 12.1 Å². The Labute approximate surface area is 106 Å². The van der Waals surface area contributed by atoms with Gasteiger partial charge in [-0.25, -0.2) is 13.8 Å². The van der Waals surface area contributed by atoms with Gasteiger partial charge in [-0.2, -0.15) is 0 Å². The van der Waals surface area contributed by atoms with Crippen LogP contribution in [0.25, 0.3) is 0 Å². The summed E-state index contributed by atoms with van der Waals surface area (Å²) >= 11 is 1.43. The molecule has 96 valence electrons. The first-order valence-electron chi connectivity index (χ1n) is 4.03. The first kappa shape index (κ1) is 14.2. The molecule has 1 heterocycles. The maximum absolute atomic E-state index is 12.5. The van der Waals surface area contributed by atoms with Crippen molar-refractivity contribution in [2.45, 2.75) is 12.8 Å². The van der Waals surface area contributed by atoms with E-state index in [1.165, 1.54) is 22.6 Å². The monoisotopic (exact) mass is 369 g/mol. The molecule has 0 saturated heterocycles. The van der Waals surface area contributed by atoms with Gasteiger partial charge >= 0.3 is 6.36 Å². The summed E-state index contributed by atoms with van der Waals surface area (Å²) in [6.07, 6.45) is -8.25. The summed E-state index contributed by atoms with van der Waals surface area (Å²) in [5.41, 5.74) is -1.11. The lowest BCUT2D eigenvalue weighted by Crippen LogP contribution is -2.19. The van der Waals surface area contributed by atoms with Gasteiger partial charge in [0.05, 0.1) is 10.7 Å². The lowest BCUT2D eigenvalue weighted by molar-refractivity contribution is -0.275. The molecule has 9 heteroatoms. The van der Waals surface area contributed by atoms with E-state index in [2.05, 4.69) is 14.5 Å². The van der Waals surface area contributed by atoms with Crippen molar-refractivity contribution in [2.24, 2.45) is 0 Å². The number of methoxy groups -OCH3 is 1. The molecule has 0 unspecified atom stereocenters. The average Bonchev–Trinajstić information content (AvgIpc) is 2.18. The lowest BCUT2D eigenvalue weighted by Gasteiger charge is -2.14. The largest absolute Gasteiger partial charge is 0.573 e. The van der Waals surface area contributed by atoms with Crippen molar-refractivity contribution in [3.63, 3.8) is 0 Å². The molecule has 17 heavy (non-hydrogen) atoms. The number of nitrogens with zero attached hydrogens (tertiary/aromatic N) is 1. The highest BCUT2D eigenvalue weighted by atomic mass is 127. The van der Waals surface area contributed by atoms with Crippen LogP contribution in [0.5, 0.6) is 11.6 Å². The second-order valence-electron chi connectivity index (χ2n) is 2.71. The normalized spacial score (nSPS) is 11.8. The Hall–Kier alpha value is -0.870. The Balaban J connectivity index is 3.27. The van der Waals surface area contributed by atoms with Crippen LogP contribution in [-0.2, 0) is 0 Å². The third kappa shape index (κ3) is 3.82. The van der Waals surface area contributed by atoms with E-state index in [4.69, 9.17) is 0 Å². The van der Waals surface area contributed by atoms with Crippen molar-refractivity contribution >= 4 is 22.6 Å². The van der Waals surface area contributed by atoms with Gasteiger partial charge in [0, 0.05) is 6.07 Å². The molecule has 1 rings (SSSR count). The van der Waals surface area contributed by atoms with Crippen LogP contribution in [0.15, 0.2) is 6.07 Å². The number of alkyl halides is 5. The van der Waals surface area contributed by atoms with Gasteiger partial charge in [-0.05, 0) is 22.6 Å². The van der Waals surface area contributed by atoms with Crippen molar-refractivity contribution in [1.82, 2.24) is 4.98 Å². The molecular weight excluding hydrogens is 364 g/mol. The summed E-state index contributed by atoms with van der Waals surface area (Å²) in [7, 11) is 1.16. The standard InChI is InChI=1S/C8H5F5INO2/c1-16-4-2-3(14)6(17-8(11,12)13)5(15-4)7(9)10/h2,7H,1H3. The van der Waals surface area contributed by atoms with Crippen molar-refractivity contribution in [1.29, 1.82) is 0 Å². The van der Waals surface area contributed by atoms with Gasteiger partial charge in [-0.3, -0.25) is 0 Å². The van der Waals surface area contributed by atoms with Crippen LogP contribution in [0, 0.1) is 3.57 Å². The highest BCUT2D eigenvalue weighted by Crippen LogP contribution is 2.37. The minimum absolute atomic E-state index is 0.165. The molecule has 0 aliphatic carbocycles. The molecule has 0 radical (unpaired) electrons. The smallest absolute Gasteiger partial charge is 0.481 e. The number of rotatable bonds is 3. The highest BCUT2D eigenvalue weighted by molar-refractivity contribution is 14.1. The lowest BCUT2D eigenvalue weighted by atomic mass is 10.3. The van der Waals surface area contributed by atoms with Gasteiger partial charge in [0.1, 0.15) is 0 Å². The fourth-order valence-corrected chi connectivity index (χ4v) is 1.62. The van der Waals surface area contributed by atoms with Crippen LogP contribution in [0.4, 0.5) is 22.0 Å². The molecule has 0 aromatic carbocycles. The summed E-state index contributed by atoms with van der Waals surface area (Å²) in [5.74, 6) is -1.21. The molecular formula is C8H5F5INO2. The topological polar surface area (TPSA) is 31.4 Å². The first-order valence-corrected chi connectivity index (χ1v) is 5.10. The van der Waals surface area contributed by atoms with Crippen LogP contribution in [0.2, 0.25) is 0 Å². The maximum Gasteiger partial charge on any atom is 0.573 e.